The standard InChI is InChI=1S/C20H28N6O2S/c1-20(6-7-20)23-29(28)14-12-16-15(4-5-18(21)22-16)17(13-14)25-8-10-26(11-9-25)19(27)24(2)3/h4-5,12-13,23H,6-11H2,1-3H3,(H2,21,22). The van der Waals surface area contributed by atoms with Crippen molar-refractivity contribution in [3.8, 4) is 0 Å². The molecule has 29 heavy (non-hydrogen) atoms. The van der Waals surface area contributed by atoms with Crippen LogP contribution in [0.15, 0.2) is 29.2 Å². The second kappa shape index (κ2) is 7.46. The molecule has 2 fully saturated rings. The van der Waals surface area contributed by atoms with Crippen molar-refractivity contribution in [3.63, 3.8) is 0 Å². The number of aromatic nitrogens is 1. The van der Waals surface area contributed by atoms with E-state index in [1.165, 1.54) is 0 Å². The monoisotopic (exact) mass is 416 g/mol. The van der Waals surface area contributed by atoms with Crippen LogP contribution in [0.2, 0.25) is 0 Å². The van der Waals surface area contributed by atoms with Gasteiger partial charge in [0, 0.05) is 56.9 Å². The predicted octanol–water partition coefficient (Wildman–Crippen LogP) is 1.79. The summed E-state index contributed by atoms with van der Waals surface area (Å²) in [7, 11) is 2.22. The lowest BCUT2D eigenvalue weighted by atomic mass is 10.1. The molecule has 0 spiro atoms. The third-order valence-corrected chi connectivity index (χ3v) is 6.95. The quantitative estimate of drug-likeness (QED) is 0.792. The van der Waals surface area contributed by atoms with E-state index in [4.69, 9.17) is 5.73 Å². The van der Waals surface area contributed by atoms with Crippen LogP contribution in [0, 0.1) is 0 Å². The molecule has 1 aliphatic carbocycles. The van der Waals surface area contributed by atoms with Gasteiger partial charge in [-0.15, -0.1) is 0 Å². The van der Waals surface area contributed by atoms with E-state index in [9.17, 15) is 9.00 Å². The van der Waals surface area contributed by atoms with Gasteiger partial charge in [-0.2, -0.15) is 0 Å². The minimum atomic E-state index is -1.32. The van der Waals surface area contributed by atoms with Gasteiger partial charge in [0.25, 0.3) is 0 Å². The van der Waals surface area contributed by atoms with Crippen molar-refractivity contribution in [2.75, 3.05) is 50.9 Å². The molecular formula is C20H28N6O2S. The third-order valence-electron chi connectivity index (χ3n) is 5.61. The van der Waals surface area contributed by atoms with Crippen LogP contribution in [-0.4, -0.2) is 70.8 Å². The van der Waals surface area contributed by atoms with Gasteiger partial charge in [-0.25, -0.2) is 18.7 Å². The van der Waals surface area contributed by atoms with Crippen molar-refractivity contribution in [1.29, 1.82) is 0 Å². The molecule has 8 nitrogen and oxygen atoms in total. The highest BCUT2D eigenvalue weighted by molar-refractivity contribution is 7.83. The van der Waals surface area contributed by atoms with Gasteiger partial charge >= 0.3 is 6.03 Å². The second-order valence-electron chi connectivity index (χ2n) is 8.33. The molecule has 1 aliphatic heterocycles. The van der Waals surface area contributed by atoms with E-state index in [-0.39, 0.29) is 11.6 Å². The molecule has 4 rings (SSSR count). The molecule has 1 atom stereocenters. The molecule has 9 heteroatoms. The van der Waals surface area contributed by atoms with Crippen molar-refractivity contribution >= 4 is 39.4 Å². The van der Waals surface area contributed by atoms with E-state index < -0.39 is 11.0 Å². The van der Waals surface area contributed by atoms with Crippen LogP contribution in [0.5, 0.6) is 0 Å². The molecule has 156 valence electrons. The summed E-state index contributed by atoms with van der Waals surface area (Å²) in [6.45, 7) is 4.79. The summed E-state index contributed by atoms with van der Waals surface area (Å²) < 4.78 is 16.2. The van der Waals surface area contributed by atoms with E-state index in [1.54, 1.807) is 25.1 Å². The smallest absolute Gasteiger partial charge is 0.319 e. The number of urea groups is 1. The van der Waals surface area contributed by atoms with Crippen molar-refractivity contribution in [2.24, 2.45) is 0 Å². The Bertz CT molecular complexity index is 967. The van der Waals surface area contributed by atoms with Gasteiger partial charge in [-0.05, 0) is 44.0 Å². The average Bonchev–Trinajstić information content (AvgIpc) is 3.42. The van der Waals surface area contributed by atoms with Gasteiger partial charge in [0.15, 0.2) is 0 Å². The fraction of sp³-hybridized carbons (Fsp3) is 0.500. The zero-order chi connectivity index (χ0) is 20.8. The topological polar surface area (TPSA) is 94.8 Å². The second-order valence-corrected chi connectivity index (χ2v) is 9.54. The highest BCUT2D eigenvalue weighted by Crippen LogP contribution is 2.36. The van der Waals surface area contributed by atoms with E-state index in [2.05, 4.69) is 21.5 Å². The third kappa shape index (κ3) is 4.16. The Kier molecular flexibility index (Phi) is 5.12. The lowest BCUT2D eigenvalue weighted by molar-refractivity contribution is 0.168. The van der Waals surface area contributed by atoms with Crippen molar-refractivity contribution in [2.45, 2.75) is 30.2 Å². The maximum absolute atomic E-state index is 12.9. The summed E-state index contributed by atoms with van der Waals surface area (Å²) in [4.78, 5) is 23.1. The number of hydrogen-bond donors (Lipinski definition) is 2. The lowest BCUT2D eigenvalue weighted by Gasteiger charge is -2.37. The van der Waals surface area contributed by atoms with Crippen LogP contribution in [0.4, 0.5) is 16.3 Å². The number of rotatable bonds is 4. The van der Waals surface area contributed by atoms with Crippen LogP contribution in [0.1, 0.15) is 19.8 Å². The summed E-state index contributed by atoms with van der Waals surface area (Å²) >= 11 is 0. The zero-order valence-corrected chi connectivity index (χ0v) is 18.0. The summed E-state index contributed by atoms with van der Waals surface area (Å²) in [5.41, 5.74) is 7.59. The predicted molar refractivity (Wildman–Crippen MR) is 116 cm³/mol. The average molecular weight is 417 g/mol. The number of pyridine rings is 1. The fourth-order valence-corrected chi connectivity index (χ4v) is 4.78. The molecule has 1 aromatic heterocycles. The van der Waals surface area contributed by atoms with Gasteiger partial charge in [0.2, 0.25) is 0 Å². The Morgan fingerprint density at radius 3 is 2.52 bits per heavy atom. The number of piperazine rings is 1. The SMILES string of the molecule is CN(C)C(=O)N1CCN(c2cc(S(=O)NC3(C)CC3)cc3nc(N)ccc23)CC1. The number of nitrogens with zero attached hydrogens (tertiary/aromatic N) is 4. The molecule has 1 saturated heterocycles. The first kappa shape index (κ1) is 19.9. The van der Waals surface area contributed by atoms with Gasteiger partial charge in [0.1, 0.15) is 16.8 Å². The number of hydrogen-bond acceptors (Lipinski definition) is 5. The number of amides is 2. The van der Waals surface area contributed by atoms with Gasteiger partial charge < -0.3 is 20.4 Å². The fourth-order valence-electron chi connectivity index (χ4n) is 3.57. The Morgan fingerprint density at radius 2 is 1.90 bits per heavy atom. The normalized spacial score (nSPS) is 19.3. The highest BCUT2D eigenvalue weighted by atomic mass is 32.2. The molecule has 3 N–H and O–H groups in total. The van der Waals surface area contributed by atoms with E-state index >= 15 is 0 Å². The van der Waals surface area contributed by atoms with Crippen LogP contribution < -0.4 is 15.4 Å². The number of benzene rings is 1. The maximum atomic E-state index is 12.9. The largest absolute Gasteiger partial charge is 0.384 e. The zero-order valence-electron chi connectivity index (χ0n) is 17.1. The number of fused-ring (bicyclic) bond motifs is 1. The molecule has 0 bridgehead atoms. The van der Waals surface area contributed by atoms with E-state index in [0.29, 0.717) is 36.9 Å². The lowest BCUT2D eigenvalue weighted by Crippen LogP contribution is -2.51. The summed E-state index contributed by atoms with van der Waals surface area (Å²) in [6, 6.07) is 7.62. The molecular weight excluding hydrogens is 388 g/mol. The van der Waals surface area contributed by atoms with Crippen LogP contribution in [0.3, 0.4) is 0 Å². The molecule has 2 heterocycles. The van der Waals surface area contributed by atoms with Gasteiger partial charge in [-0.3, -0.25) is 0 Å². The molecule has 2 aromatic rings. The molecule has 1 unspecified atom stereocenters. The number of nitrogen functional groups attached to an aromatic ring is 1. The van der Waals surface area contributed by atoms with E-state index in [1.807, 2.05) is 23.1 Å². The number of nitrogens with one attached hydrogen (secondary N) is 1. The van der Waals surface area contributed by atoms with Crippen LogP contribution in [0.25, 0.3) is 10.9 Å². The van der Waals surface area contributed by atoms with Crippen LogP contribution in [-0.2, 0) is 11.0 Å². The first-order valence-electron chi connectivity index (χ1n) is 9.87. The Morgan fingerprint density at radius 1 is 1.21 bits per heavy atom. The first-order valence-corrected chi connectivity index (χ1v) is 11.0. The minimum Gasteiger partial charge on any atom is -0.384 e. The van der Waals surface area contributed by atoms with E-state index in [0.717, 1.165) is 29.4 Å². The van der Waals surface area contributed by atoms with Crippen LogP contribution >= 0.6 is 0 Å². The van der Waals surface area contributed by atoms with Crippen molar-refractivity contribution in [3.05, 3.63) is 24.3 Å². The maximum Gasteiger partial charge on any atom is 0.319 e. The summed E-state index contributed by atoms with van der Waals surface area (Å²) in [5.74, 6) is 0.440. The molecule has 2 aliphatic rings. The summed E-state index contributed by atoms with van der Waals surface area (Å²) in [6.07, 6.45) is 2.07. The number of nitrogens with two attached hydrogens (primary N) is 1. The Labute approximate surface area is 173 Å². The van der Waals surface area contributed by atoms with Crippen molar-refractivity contribution < 1.29 is 9.00 Å². The number of anilines is 2. The molecule has 1 saturated carbocycles. The number of carbonyl (C=O) groups is 1. The summed E-state index contributed by atoms with van der Waals surface area (Å²) in [5, 5.41) is 0.977. The van der Waals surface area contributed by atoms with Gasteiger partial charge in [-0.1, -0.05) is 0 Å². The number of carbonyl (C=O) groups excluding carboxylic acids is 1. The molecule has 2 amide bonds. The Hall–Kier alpha value is -2.39. The molecule has 0 radical (unpaired) electrons. The minimum absolute atomic E-state index is 0.0284. The Balaban J connectivity index is 1.64. The highest BCUT2D eigenvalue weighted by Gasteiger charge is 2.39. The van der Waals surface area contributed by atoms with Gasteiger partial charge in [0.05, 0.1) is 10.4 Å². The van der Waals surface area contributed by atoms with Crippen molar-refractivity contribution in [1.82, 2.24) is 19.5 Å². The first-order chi connectivity index (χ1) is 13.8. The molecule has 1 aromatic carbocycles.